The molecule has 28 heavy (non-hydrogen) atoms. The molecular weight excluding hydrogens is 370 g/mol. The topological polar surface area (TPSA) is 51.7 Å². The van der Waals surface area contributed by atoms with Gasteiger partial charge in [0, 0.05) is 82.8 Å². The number of benzene rings is 1. The third kappa shape index (κ3) is 5.17. The van der Waals surface area contributed by atoms with Crippen LogP contribution < -0.4 is 5.32 Å². The first kappa shape index (κ1) is 19.5. The summed E-state index contributed by atoms with van der Waals surface area (Å²) in [6.07, 6.45) is 0.645. The lowest BCUT2D eigenvalue weighted by Gasteiger charge is -2.35. The monoisotopic (exact) mass is 399 g/mol. The Morgan fingerprint density at radius 1 is 1.00 bits per heavy atom. The molecule has 1 N–H and O–H groups in total. The first-order valence-corrected chi connectivity index (χ1v) is 11.1. The Kier molecular flexibility index (Phi) is 6.69. The van der Waals surface area contributed by atoms with Gasteiger partial charge in [0.1, 0.15) is 5.01 Å². The van der Waals surface area contributed by atoms with Crippen LogP contribution in [0.1, 0.15) is 12.1 Å². The molecule has 6 nitrogen and oxygen atoms in total. The summed E-state index contributed by atoms with van der Waals surface area (Å²) in [7, 11) is 0. The number of nitrogens with one attached hydrogen (secondary N) is 1. The summed E-state index contributed by atoms with van der Waals surface area (Å²) in [6.45, 7) is 9.49. The number of piperazine rings is 2. The SMILES string of the molecule is O=C(CCN1CCN(Cc2csc(-c3ccccc3)n2)CC1)N1CCNCC1. The van der Waals surface area contributed by atoms with Crippen molar-refractivity contribution in [2.45, 2.75) is 13.0 Å². The average molecular weight is 400 g/mol. The van der Waals surface area contributed by atoms with Crippen LogP contribution >= 0.6 is 11.3 Å². The van der Waals surface area contributed by atoms with Gasteiger partial charge in [-0.1, -0.05) is 30.3 Å². The van der Waals surface area contributed by atoms with Crippen molar-refractivity contribution >= 4 is 17.2 Å². The van der Waals surface area contributed by atoms with E-state index in [2.05, 4.69) is 44.8 Å². The van der Waals surface area contributed by atoms with Crippen LogP contribution in [0.5, 0.6) is 0 Å². The lowest BCUT2D eigenvalue weighted by atomic mass is 10.2. The number of carbonyl (C=O) groups excluding carboxylic acids is 1. The second kappa shape index (κ2) is 9.60. The third-order valence-electron chi connectivity index (χ3n) is 5.53. The summed E-state index contributed by atoms with van der Waals surface area (Å²) in [6, 6.07) is 10.4. The minimum Gasteiger partial charge on any atom is -0.340 e. The van der Waals surface area contributed by atoms with Gasteiger partial charge in [0.2, 0.25) is 5.91 Å². The maximum absolute atomic E-state index is 12.3. The van der Waals surface area contributed by atoms with Gasteiger partial charge in [0.25, 0.3) is 0 Å². The zero-order valence-corrected chi connectivity index (χ0v) is 17.2. The Hall–Kier alpha value is -1.80. The third-order valence-corrected chi connectivity index (χ3v) is 6.47. The molecule has 150 valence electrons. The normalized spacial score (nSPS) is 19.1. The molecule has 1 amide bonds. The number of thiazole rings is 1. The number of nitrogens with zero attached hydrogens (tertiary/aromatic N) is 4. The second-order valence-corrected chi connectivity index (χ2v) is 8.37. The zero-order valence-electron chi connectivity index (χ0n) is 16.3. The van der Waals surface area contributed by atoms with Gasteiger partial charge < -0.3 is 15.1 Å². The first-order valence-electron chi connectivity index (χ1n) is 10.2. The van der Waals surface area contributed by atoms with Gasteiger partial charge in [0.15, 0.2) is 0 Å². The molecule has 2 aliphatic heterocycles. The van der Waals surface area contributed by atoms with E-state index in [1.54, 1.807) is 11.3 Å². The summed E-state index contributed by atoms with van der Waals surface area (Å²) >= 11 is 1.72. The minimum absolute atomic E-state index is 0.305. The summed E-state index contributed by atoms with van der Waals surface area (Å²) in [5, 5.41) is 6.58. The molecule has 2 aromatic rings. The maximum atomic E-state index is 12.3. The molecule has 2 saturated heterocycles. The fourth-order valence-corrected chi connectivity index (χ4v) is 4.64. The van der Waals surface area contributed by atoms with Crippen molar-refractivity contribution in [1.29, 1.82) is 0 Å². The van der Waals surface area contributed by atoms with E-state index in [1.807, 2.05) is 11.0 Å². The van der Waals surface area contributed by atoms with Gasteiger partial charge in [-0.25, -0.2) is 4.98 Å². The maximum Gasteiger partial charge on any atom is 0.223 e. The molecule has 0 aliphatic carbocycles. The molecule has 0 unspecified atom stereocenters. The van der Waals surface area contributed by atoms with Gasteiger partial charge in [-0.3, -0.25) is 9.69 Å². The molecular formula is C21H29N5OS. The Morgan fingerprint density at radius 3 is 2.46 bits per heavy atom. The molecule has 2 aliphatic rings. The summed E-state index contributed by atoms with van der Waals surface area (Å²) in [4.78, 5) is 24.0. The number of aromatic nitrogens is 1. The van der Waals surface area contributed by atoms with E-state index in [4.69, 9.17) is 4.98 Å². The number of carbonyl (C=O) groups is 1. The Balaban J connectivity index is 1.19. The molecule has 0 bridgehead atoms. The van der Waals surface area contributed by atoms with Crippen molar-refractivity contribution < 1.29 is 4.79 Å². The molecule has 0 saturated carbocycles. The average Bonchev–Trinajstić information content (AvgIpc) is 3.23. The number of hydrogen-bond donors (Lipinski definition) is 1. The van der Waals surface area contributed by atoms with Crippen molar-refractivity contribution in [1.82, 2.24) is 25.0 Å². The van der Waals surface area contributed by atoms with E-state index in [0.29, 0.717) is 12.3 Å². The highest BCUT2D eigenvalue weighted by molar-refractivity contribution is 7.13. The molecule has 1 aromatic carbocycles. The molecule has 2 fully saturated rings. The molecule has 1 aromatic heterocycles. The summed E-state index contributed by atoms with van der Waals surface area (Å²) < 4.78 is 0. The Morgan fingerprint density at radius 2 is 1.71 bits per heavy atom. The summed E-state index contributed by atoms with van der Waals surface area (Å²) in [5.74, 6) is 0.305. The van der Waals surface area contributed by atoms with E-state index in [0.717, 1.165) is 76.1 Å². The van der Waals surface area contributed by atoms with Crippen LogP contribution in [0.25, 0.3) is 10.6 Å². The lowest BCUT2D eigenvalue weighted by Crippen LogP contribution is -2.49. The van der Waals surface area contributed by atoms with Crippen LogP contribution in [0.2, 0.25) is 0 Å². The quantitative estimate of drug-likeness (QED) is 0.802. The van der Waals surface area contributed by atoms with Crippen molar-refractivity contribution in [2.24, 2.45) is 0 Å². The van der Waals surface area contributed by atoms with Gasteiger partial charge in [-0.2, -0.15) is 0 Å². The number of amides is 1. The summed E-state index contributed by atoms with van der Waals surface area (Å²) in [5.41, 5.74) is 2.35. The fraction of sp³-hybridized carbons (Fsp3) is 0.524. The Bertz CT molecular complexity index is 751. The van der Waals surface area contributed by atoms with Gasteiger partial charge in [-0.15, -0.1) is 11.3 Å². The first-order chi connectivity index (χ1) is 13.8. The van der Waals surface area contributed by atoms with E-state index in [9.17, 15) is 4.79 Å². The zero-order chi connectivity index (χ0) is 19.2. The predicted molar refractivity (Wildman–Crippen MR) is 113 cm³/mol. The molecule has 0 radical (unpaired) electrons. The molecule has 7 heteroatoms. The fourth-order valence-electron chi connectivity index (χ4n) is 3.82. The molecule has 0 atom stereocenters. The molecule has 0 spiro atoms. The molecule has 4 rings (SSSR count). The highest BCUT2D eigenvalue weighted by atomic mass is 32.1. The van der Waals surface area contributed by atoms with Crippen LogP contribution in [0.15, 0.2) is 35.7 Å². The lowest BCUT2D eigenvalue weighted by molar-refractivity contribution is -0.132. The highest BCUT2D eigenvalue weighted by Gasteiger charge is 2.21. The van der Waals surface area contributed by atoms with Crippen LogP contribution in [-0.4, -0.2) is 84.5 Å². The molecule has 3 heterocycles. The van der Waals surface area contributed by atoms with Gasteiger partial charge in [-0.05, 0) is 0 Å². The second-order valence-electron chi connectivity index (χ2n) is 7.51. The van der Waals surface area contributed by atoms with Gasteiger partial charge in [0.05, 0.1) is 5.69 Å². The van der Waals surface area contributed by atoms with E-state index in [-0.39, 0.29) is 0 Å². The van der Waals surface area contributed by atoms with Crippen molar-refractivity contribution in [3.63, 3.8) is 0 Å². The van der Waals surface area contributed by atoms with E-state index < -0.39 is 0 Å². The smallest absolute Gasteiger partial charge is 0.223 e. The van der Waals surface area contributed by atoms with Crippen molar-refractivity contribution in [2.75, 3.05) is 58.9 Å². The van der Waals surface area contributed by atoms with Crippen LogP contribution in [0.3, 0.4) is 0 Å². The number of hydrogen-bond acceptors (Lipinski definition) is 6. The van der Waals surface area contributed by atoms with Crippen LogP contribution in [0, 0.1) is 0 Å². The van der Waals surface area contributed by atoms with Crippen LogP contribution in [0.4, 0.5) is 0 Å². The van der Waals surface area contributed by atoms with E-state index >= 15 is 0 Å². The Labute approximate surface area is 171 Å². The highest BCUT2D eigenvalue weighted by Crippen LogP contribution is 2.24. The van der Waals surface area contributed by atoms with Crippen LogP contribution in [-0.2, 0) is 11.3 Å². The minimum atomic E-state index is 0.305. The standard InChI is InChI=1S/C21H29N5OS/c27-20(26-10-7-22-8-11-26)6-9-24-12-14-25(15-13-24)16-19-17-28-21(23-19)18-4-2-1-3-5-18/h1-5,17,22H,6-16H2. The largest absolute Gasteiger partial charge is 0.340 e. The predicted octanol–water partition coefficient (Wildman–Crippen LogP) is 1.75. The van der Waals surface area contributed by atoms with Gasteiger partial charge >= 0.3 is 0 Å². The van der Waals surface area contributed by atoms with Crippen molar-refractivity contribution in [3.05, 3.63) is 41.4 Å². The van der Waals surface area contributed by atoms with E-state index in [1.165, 1.54) is 5.56 Å². The number of rotatable bonds is 6. The van der Waals surface area contributed by atoms with Crippen molar-refractivity contribution in [3.8, 4) is 10.6 Å².